The summed E-state index contributed by atoms with van der Waals surface area (Å²) >= 11 is 0. The van der Waals surface area contributed by atoms with Crippen molar-refractivity contribution in [3.8, 4) is 0 Å². The Morgan fingerprint density at radius 2 is 2.25 bits per heavy atom. The lowest BCUT2D eigenvalue weighted by molar-refractivity contribution is 0.114. The van der Waals surface area contributed by atoms with E-state index in [0.717, 1.165) is 6.42 Å². The zero-order valence-electron chi connectivity index (χ0n) is 7.03. The normalized spacial score (nSPS) is 10.4. The van der Waals surface area contributed by atoms with Crippen LogP contribution in [0.2, 0.25) is 0 Å². The number of anilines is 1. The lowest BCUT2D eigenvalue weighted by Crippen LogP contribution is -2.16. The molecule has 0 saturated carbocycles. The second-order valence-electron chi connectivity index (χ2n) is 2.40. The lowest BCUT2D eigenvalue weighted by Gasteiger charge is -2.01. The molecule has 0 fully saturated rings. The topological polar surface area (TPSA) is 92.0 Å². The van der Waals surface area contributed by atoms with Gasteiger partial charge in [0.15, 0.2) is 5.82 Å². The van der Waals surface area contributed by atoms with Crippen molar-refractivity contribution in [2.45, 2.75) is 20.0 Å². The van der Waals surface area contributed by atoms with Gasteiger partial charge in [-0.2, -0.15) is 0 Å². The molecular formula is C6H13N5O. The second kappa shape index (κ2) is 3.91. The van der Waals surface area contributed by atoms with Gasteiger partial charge in [-0.3, -0.25) is 0 Å². The maximum atomic E-state index is 5.47. The van der Waals surface area contributed by atoms with Crippen LogP contribution in [0.15, 0.2) is 0 Å². The third-order valence-electron chi connectivity index (χ3n) is 1.37. The maximum Gasteiger partial charge on any atom is 0.240 e. The number of hydrogen-bond donors (Lipinski definition) is 2. The molecule has 0 aromatic carbocycles. The van der Waals surface area contributed by atoms with E-state index in [1.54, 1.807) is 0 Å². The van der Waals surface area contributed by atoms with Crippen molar-refractivity contribution in [1.29, 1.82) is 0 Å². The van der Waals surface area contributed by atoms with Crippen LogP contribution < -0.4 is 11.6 Å². The monoisotopic (exact) mass is 171 g/mol. The Morgan fingerprint density at radius 1 is 1.50 bits per heavy atom. The molecule has 0 saturated heterocycles. The zero-order chi connectivity index (χ0) is 8.97. The van der Waals surface area contributed by atoms with Crippen LogP contribution in [0, 0.1) is 0 Å². The van der Waals surface area contributed by atoms with Crippen LogP contribution in [0.5, 0.6) is 0 Å². The molecule has 0 aliphatic carbocycles. The van der Waals surface area contributed by atoms with Gasteiger partial charge in [0.1, 0.15) is 6.61 Å². The number of ether oxygens (including phenoxy) is 1. The van der Waals surface area contributed by atoms with Crippen molar-refractivity contribution in [1.82, 2.24) is 14.9 Å². The van der Waals surface area contributed by atoms with E-state index in [2.05, 4.69) is 10.2 Å². The standard InChI is InChI=1S/C6H13N5O/c1-2-3-12-4-5-9-10-6(7)11(5)8/h2-4,8H2,1H3,(H2,7,10). The zero-order valence-corrected chi connectivity index (χ0v) is 7.03. The van der Waals surface area contributed by atoms with E-state index in [-0.39, 0.29) is 5.95 Å². The van der Waals surface area contributed by atoms with Crippen LogP contribution >= 0.6 is 0 Å². The number of rotatable bonds is 4. The number of nitrogens with zero attached hydrogens (tertiary/aromatic N) is 3. The molecular weight excluding hydrogens is 158 g/mol. The fourth-order valence-corrected chi connectivity index (χ4v) is 0.744. The number of aromatic nitrogens is 3. The first-order valence-electron chi connectivity index (χ1n) is 3.78. The van der Waals surface area contributed by atoms with E-state index in [4.69, 9.17) is 16.3 Å². The van der Waals surface area contributed by atoms with Crippen molar-refractivity contribution in [3.63, 3.8) is 0 Å². The average Bonchev–Trinajstić information content (AvgIpc) is 2.36. The van der Waals surface area contributed by atoms with Gasteiger partial charge in [0.25, 0.3) is 0 Å². The summed E-state index contributed by atoms with van der Waals surface area (Å²) in [4.78, 5) is 0. The Balaban J connectivity index is 2.46. The summed E-state index contributed by atoms with van der Waals surface area (Å²) in [6, 6.07) is 0. The summed E-state index contributed by atoms with van der Waals surface area (Å²) < 4.78 is 6.42. The molecule has 0 aliphatic rings. The van der Waals surface area contributed by atoms with Crippen LogP contribution in [-0.2, 0) is 11.3 Å². The summed E-state index contributed by atoms with van der Waals surface area (Å²) in [7, 11) is 0. The van der Waals surface area contributed by atoms with Gasteiger partial charge in [-0.1, -0.05) is 6.92 Å². The molecule has 68 valence electrons. The molecule has 4 N–H and O–H groups in total. The molecule has 6 nitrogen and oxygen atoms in total. The van der Waals surface area contributed by atoms with E-state index in [0.29, 0.717) is 19.0 Å². The van der Waals surface area contributed by atoms with Crippen LogP contribution in [0.1, 0.15) is 19.2 Å². The molecule has 0 atom stereocenters. The van der Waals surface area contributed by atoms with E-state index in [1.165, 1.54) is 4.68 Å². The molecule has 0 unspecified atom stereocenters. The fourth-order valence-electron chi connectivity index (χ4n) is 0.744. The number of nitrogens with two attached hydrogens (primary N) is 2. The van der Waals surface area contributed by atoms with E-state index >= 15 is 0 Å². The molecule has 0 radical (unpaired) electrons. The largest absolute Gasteiger partial charge is 0.373 e. The fraction of sp³-hybridized carbons (Fsp3) is 0.667. The minimum atomic E-state index is 0.199. The first-order valence-corrected chi connectivity index (χ1v) is 3.78. The summed E-state index contributed by atoms with van der Waals surface area (Å²) in [5, 5.41) is 7.31. The van der Waals surface area contributed by atoms with Gasteiger partial charge < -0.3 is 16.3 Å². The van der Waals surface area contributed by atoms with Gasteiger partial charge in [0.2, 0.25) is 5.95 Å². The molecule has 0 spiro atoms. The summed E-state index contributed by atoms with van der Waals surface area (Å²) in [6.07, 6.45) is 0.966. The summed E-state index contributed by atoms with van der Waals surface area (Å²) in [5.74, 6) is 6.21. The molecule has 1 heterocycles. The van der Waals surface area contributed by atoms with Crippen molar-refractivity contribution in [2.75, 3.05) is 18.2 Å². The van der Waals surface area contributed by atoms with Crippen molar-refractivity contribution in [2.24, 2.45) is 0 Å². The van der Waals surface area contributed by atoms with Gasteiger partial charge in [-0.05, 0) is 6.42 Å². The third-order valence-corrected chi connectivity index (χ3v) is 1.37. The van der Waals surface area contributed by atoms with Crippen molar-refractivity contribution in [3.05, 3.63) is 5.82 Å². The first kappa shape index (κ1) is 8.79. The first-order chi connectivity index (χ1) is 5.75. The van der Waals surface area contributed by atoms with Crippen LogP contribution in [0.25, 0.3) is 0 Å². The molecule has 6 heteroatoms. The quantitative estimate of drug-likeness (QED) is 0.470. The van der Waals surface area contributed by atoms with Gasteiger partial charge in [0.05, 0.1) is 0 Å². The summed E-state index contributed by atoms with van der Waals surface area (Å²) in [6.45, 7) is 3.07. The van der Waals surface area contributed by atoms with Gasteiger partial charge in [-0.25, -0.2) is 4.68 Å². The van der Waals surface area contributed by atoms with E-state index in [9.17, 15) is 0 Å². The Morgan fingerprint density at radius 3 is 2.75 bits per heavy atom. The second-order valence-corrected chi connectivity index (χ2v) is 2.40. The third kappa shape index (κ3) is 1.85. The maximum absolute atomic E-state index is 5.47. The highest BCUT2D eigenvalue weighted by Crippen LogP contribution is 1.99. The van der Waals surface area contributed by atoms with E-state index in [1.807, 2.05) is 6.92 Å². The van der Waals surface area contributed by atoms with Crippen molar-refractivity contribution < 1.29 is 4.74 Å². The lowest BCUT2D eigenvalue weighted by atomic mass is 10.5. The SMILES string of the molecule is CCCOCc1nnc(N)n1N. The van der Waals surface area contributed by atoms with Gasteiger partial charge >= 0.3 is 0 Å². The number of hydrogen-bond acceptors (Lipinski definition) is 5. The molecule has 12 heavy (non-hydrogen) atoms. The Labute approximate surface area is 70.5 Å². The Hall–Kier alpha value is -1.30. The van der Waals surface area contributed by atoms with Crippen LogP contribution in [0.4, 0.5) is 5.95 Å². The van der Waals surface area contributed by atoms with E-state index < -0.39 is 0 Å². The average molecular weight is 171 g/mol. The summed E-state index contributed by atoms with van der Waals surface area (Å²) in [5.41, 5.74) is 5.35. The molecule has 0 amide bonds. The molecule has 1 rings (SSSR count). The van der Waals surface area contributed by atoms with Gasteiger partial charge in [0, 0.05) is 6.61 Å². The molecule has 1 aromatic heterocycles. The smallest absolute Gasteiger partial charge is 0.240 e. The predicted octanol–water partition coefficient (Wildman–Crippen LogP) is -0.499. The predicted molar refractivity (Wildman–Crippen MR) is 44.5 cm³/mol. The molecule has 0 aliphatic heterocycles. The molecule has 1 aromatic rings. The number of nitrogen functional groups attached to an aromatic ring is 2. The van der Waals surface area contributed by atoms with Crippen LogP contribution in [-0.4, -0.2) is 21.5 Å². The van der Waals surface area contributed by atoms with Crippen molar-refractivity contribution >= 4 is 5.95 Å². The Bertz CT molecular complexity index is 246. The highest BCUT2D eigenvalue weighted by atomic mass is 16.5. The highest BCUT2D eigenvalue weighted by molar-refractivity contribution is 5.16. The minimum absolute atomic E-state index is 0.199. The van der Waals surface area contributed by atoms with Gasteiger partial charge in [-0.15, -0.1) is 10.2 Å². The Kier molecular flexibility index (Phi) is 2.87. The van der Waals surface area contributed by atoms with Crippen LogP contribution in [0.3, 0.4) is 0 Å². The minimum Gasteiger partial charge on any atom is -0.373 e. The molecule has 0 bridgehead atoms. The highest BCUT2D eigenvalue weighted by Gasteiger charge is 2.04.